The highest BCUT2D eigenvalue weighted by Gasteiger charge is 2.15. The molecule has 0 spiro atoms. The summed E-state index contributed by atoms with van der Waals surface area (Å²) in [5.41, 5.74) is 4.14. The van der Waals surface area contributed by atoms with Gasteiger partial charge in [0, 0.05) is 41.7 Å². The normalized spacial score (nSPS) is 12.3. The Morgan fingerprint density at radius 3 is 2.74 bits per heavy atom. The molecule has 2 heterocycles. The van der Waals surface area contributed by atoms with Crippen LogP contribution in [0.1, 0.15) is 24.5 Å². The molecule has 1 aromatic carbocycles. The number of rotatable bonds is 6. The molecule has 0 aliphatic heterocycles. The fraction of sp³-hybridized carbons (Fsp3) is 0.286. The number of H-pyrrole nitrogens is 1. The van der Waals surface area contributed by atoms with Crippen LogP contribution in [-0.2, 0) is 6.42 Å². The number of aromatic amines is 1. The topological polar surface area (TPSA) is 99.8 Å². The first-order valence-corrected chi connectivity index (χ1v) is 8.82. The number of nitrogens with zero attached hydrogens (tertiary/aromatic N) is 3. The summed E-state index contributed by atoms with van der Waals surface area (Å²) in [5, 5.41) is 28.4. The molecule has 1 unspecified atom stereocenters. The number of benzene rings is 1. The van der Waals surface area contributed by atoms with E-state index in [2.05, 4.69) is 27.9 Å². The molecule has 0 fully saturated rings. The van der Waals surface area contributed by atoms with Gasteiger partial charge in [-0.1, -0.05) is 6.07 Å². The van der Waals surface area contributed by atoms with Crippen molar-refractivity contribution < 1.29 is 5.11 Å². The third kappa shape index (κ3) is 3.99. The zero-order chi connectivity index (χ0) is 19.6. The van der Waals surface area contributed by atoms with Crippen LogP contribution in [0.3, 0.4) is 0 Å². The first-order chi connectivity index (χ1) is 12.9. The van der Waals surface area contributed by atoms with Crippen LogP contribution in [0.5, 0.6) is 5.88 Å². The van der Waals surface area contributed by atoms with Crippen molar-refractivity contribution in [2.45, 2.75) is 25.8 Å². The van der Waals surface area contributed by atoms with E-state index in [0.29, 0.717) is 35.0 Å². The van der Waals surface area contributed by atoms with Crippen molar-refractivity contribution in [2.24, 2.45) is 0 Å². The van der Waals surface area contributed by atoms with Crippen molar-refractivity contribution in [1.82, 2.24) is 14.9 Å². The molecule has 2 aromatic heterocycles. The molecular weight excluding hydrogens is 338 g/mol. The maximum atomic E-state index is 10.3. The van der Waals surface area contributed by atoms with Crippen molar-refractivity contribution >= 4 is 16.6 Å². The monoisotopic (exact) mass is 361 g/mol. The van der Waals surface area contributed by atoms with E-state index in [1.54, 1.807) is 24.4 Å². The van der Waals surface area contributed by atoms with Crippen molar-refractivity contribution in [2.75, 3.05) is 14.1 Å². The summed E-state index contributed by atoms with van der Waals surface area (Å²) in [6.45, 7) is 2.10. The minimum atomic E-state index is 0.0351. The number of hydrogen-bond acceptors (Lipinski definition) is 5. The summed E-state index contributed by atoms with van der Waals surface area (Å²) in [4.78, 5) is 9.51. The summed E-state index contributed by atoms with van der Waals surface area (Å²) in [6.07, 6.45) is 3.02. The standard InChI is InChI=1S/C21H23N5O/c1-13(26(2)3)8-16(23)9-15-5-7-19(24-12-15)20-17-10-14(11-22)4-6-18(17)25-21(20)27/h4-7,10,12-13,23,25,27H,8-9H2,1-3H3. The van der Waals surface area contributed by atoms with Crippen LogP contribution in [-0.4, -0.2) is 45.8 Å². The largest absolute Gasteiger partial charge is 0.494 e. The van der Waals surface area contributed by atoms with E-state index in [1.807, 2.05) is 26.2 Å². The summed E-state index contributed by atoms with van der Waals surface area (Å²) in [6, 6.07) is 11.4. The van der Waals surface area contributed by atoms with Crippen LogP contribution in [0.25, 0.3) is 22.2 Å². The van der Waals surface area contributed by atoms with Gasteiger partial charge in [-0.05, 0) is 50.8 Å². The van der Waals surface area contributed by atoms with Crippen LogP contribution in [0.4, 0.5) is 0 Å². The number of aromatic hydroxyl groups is 1. The molecule has 3 rings (SSSR count). The third-order valence-electron chi connectivity index (χ3n) is 4.83. The highest BCUT2D eigenvalue weighted by Crippen LogP contribution is 2.35. The van der Waals surface area contributed by atoms with Gasteiger partial charge in [0.2, 0.25) is 0 Å². The zero-order valence-electron chi connectivity index (χ0n) is 15.7. The Labute approximate surface area is 158 Å². The molecule has 27 heavy (non-hydrogen) atoms. The van der Waals surface area contributed by atoms with Crippen molar-refractivity contribution in [3.8, 4) is 23.2 Å². The maximum absolute atomic E-state index is 10.3. The minimum absolute atomic E-state index is 0.0351. The Morgan fingerprint density at radius 1 is 1.33 bits per heavy atom. The number of pyridine rings is 1. The second-order valence-corrected chi connectivity index (χ2v) is 7.07. The lowest BCUT2D eigenvalue weighted by molar-refractivity contribution is 0.320. The van der Waals surface area contributed by atoms with Crippen molar-refractivity contribution in [3.63, 3.8) is 0 Å². The Bertz CT molecular complexity index is 1010. The average Bonchev–Trinajstić information content (AvgIpc) is 2.97. The fourth-order valence-corrected chi connectivity index (χ4v) is 3.04. The van der Waals surface area contributed by atoms with E-state index < -0.39 is 0 Å². The van der Waals surface area contributed by atoms with E-state index in [9.17, 15) is 5.11 Å². The quantitative estimate of drug-likeness (QED) is 0.583. The Morgan fingerprint density at radius 2 is 2.11 bits per heavy atom. The van der Waals surface area contributed by atoms with E-state index in [4.69, 9.17) is 10.7 Å². The molecule has 0 amide bonds. The average molecular weight is 361 g/mol. The molecule has 0 bridgehead atoms. The van der Waals surface area contributed by atoms with Crippen LogP contribution >= 0.6 is 0 Å². The predicted octanol–water partition coefficient (Wildman–Crippen LogP) is 3.71. The maximum Gasteiger partial charge on any atom is 0.199 e. The smallest absolute Gasteiger partial charge is 0.199 e. The van der Waals surface area contributed by atoms with Gasteiger partial charge in [0.1, 0.15) is 0 Å². The highest BCUT2D eigenvalue weighted by molar-refractivity contribution is 5.98. The lowest BCUT2D eigenvalue weighted by atomic mass is 10.0. The van der Waals surface area contributed by atoms with Crippen molar-refractivity contribution in [3.05, 3.63) is 47.7 Å². The fourth-order valence-electron chi connectivity index (χ4n) is 3.04. The summed E-state index contributed by atoms with van der Waals surface area (Å²) in [5.74, 6) is 0.0351. The second kappa shape index (κ2) is 7.60. The van der Waals surface area contributed by atoms with Gasteiger partial charge in [-0.15, -0.1) is 0 Å². The van der Waals surface area contributed by atoms with Crippen molar-refractivity contribution in [1.29, 1.82) is 10.7 Å². The van der Waals surface area contributed by atoms with Crippen LogP contribution in [0, 0.1) is 16.7 Å². The first-order valence-electron chi connectivity index (χ1n) is 8.82. The van der Waals surface area contributed by atoms with Crippen LogP contribution < -0.4 is 0 Å². The number of nitrogens with one attached hydrogen (secondary N) is 2. The van der Waals surface area contributed by atoms with Gasteiger partial charge in [-0.3, -0.25) is 4.98 Å². The molecule has 0 aliphatic rings. The van der Waals surface area contributed by atoms with Gasteiger partial charge in [0.15, 0.2) is 5.88 Å². The zero-order valence-corrected chi connectivity index (χ0v) is 15.7. The van der Waals surface area contributed by atoms with E-state index in [1.165, 1.54) is 0 Å². The molecule has 3 aromatic rings. The molecule has 1 atom stereocenters. The Kier molecular flexibility index (Phi) is 5.24. The minimum Gasteiger partial charge on any atom is -0.494 e. The van der Waals surface area contributed by atoms with Crippen LogP contribution in [0.2, 0.25) is 0 Å². The SMILES string of the molecule is CC(CC(=N)Cc1ccc(-c2c(O)[nH]c3ccc(C#N)cc23)nc1)N(C)C. The van der Waals surface area contributed by atoms with Gasteiger partial charge >= 0.3 is 0 Å². The highest BCUT2D eigenvalue weighted by atomic mass is 16.3. The van der Waals surface area contributed by atoms with Gasteiger partial charge in [0.25, 0.3) is 0 Å². The molecule has 0 saturated heterocycles. The van der Waals surface area contributed by atoms with Gasteiger partial charge in [-0.2, -0.15) is 5.26 Å². The first kappa shape index (κ1) is 18.6. The molecule has 6 heteroatoms. The molecule has 138 valence electrons. The molecule has 3 N–H and O–H groups in total. The van der Waals surface area contributed by atoms with Crippen LogP contribution in [0.15, 0.2) is 36.5 Å². The second-order valence-electron chi connectivity index (χ2n) is 7.07. The number of aromatic nitrogens is 2. The number of fused-ring (bicyclic) bond motifs is 1. The molecule has 0 radical (unpaired) electrons. The lowest BCUT2D eigenvalue weighted by Crippen LogP contribution is -2.27. The third-order valence-corrected chi connectivity index (χ3v) is 4.83. The lowest BCUT2D eigenvalue weighted by Gasteiger charge is -2.19. The molecule has 6 nitrogen and oxygen atoms in total. The van der Waals surface area contributed by atoms with E-state index in [0.717, 1.165) is 22.9 Å². The Balaban J connectivity index is 1.84. The van der Waals surface area contributed by atoms with E-state index >= 15 is 0 Å². The molecule has 0 saturated carbocycles. The van der Waals surface area contributed by atoms with Gasteiger partial charge in [-0.25, -0.2) is 0 Å². The summed E-state index contributed by atoms with van der Waals surface area (Å²) < 4.78 is 0. The van der Waals surface area contributed by atoms with Gasteiger partial charge < -0.3 is 20.4 Å². The number of hydrogen-bond donors (Lipinski definition) is 3. The summed E-state index contributed by atoms with van der Waals surface area (Å²) >= 11 is 0. The Hall–Kier alpha value is -3.17. The summed E-state index contributed by atoms with van der Waals surface area (Å²) in [7, 11) is 4.03. The van der Waals surface area contributed by atoms with E-state index in [-0.39, 0.29) is 5.88 Å². The van der Waals surface area contributed by atoms with Gasteiger partial charge in [0.05, 0.1) is 22.9 Å². The molecule has 0 aliphatic carbocycles. The molecular formula is C21H23N5O. The number of nitriles is 1. The predicted molar refractivity (Wildman–Crippen MR) is 107 cm³/mol.